The minimum absolute atomic E-state index is 0.0412. The number of carboxylic acid groups (broad SMARTS) is 1. The zero-order valence-corrected chi connectivity index (χ0v) is 24.1. The van der Waals surface area contributed by atoms with E-state index in [0.29, 0.717) is 25.7 Å². The minimum Gasteiger partial charge on any atom is -0.465 e. The van der Waals surface area contributed by atoms with Crippen LogP contribution < -0.4 is 10.2 Å². The predicted molar refractivity (Wildman–Crippen MR) is 147 cm³/mol. The highest BCUT2D eigenvalue weighted by Gasteiger charge is 2.43. The Morgan fingerprint density at radius 3 is 2.22 bits per heavy atom. The molecule has 4 rings (SSSR count). The number of carbonyl (C=O) groups is 3. The molecule has 0 aromatic heterocycles. The number of halogens is 5. The van der Waals surface area contributed by atoms with Gasteiger partial charge in [0.05, 0.1) is 11.6 Å². The first kappa shape index (κ1) is 30.6. The molecule has 0 radical (unpaired) electrons. The van der Waals surface area contributed by atoms with E-state index in [0.717, 1.165) is 22.6 Å². The number of anilines is 1. The van der Waals surface area contributed by atoms with Gasteiger partial charge in [-0.3, -0.25) is 9.69 Å². The number of hydrogen-bond donors (Lipinski definition) is 2. The maximum Gasteiger partial charge on any atom is 0.416 e. The van der Waals surface area contributed by atoms with Crippen molar-refractivity contribution in [3.05, 3.63) is 63.9 Å². The van der Waals surface area contributed by atoms with E-state index in [4.69, 9.17) is 5.11 Å². The van der Waals surface area contributed by atoms with Crippen molar-refractivity contribution in [2.24, 2.45) is 5.92 Å². The second-order valence-corrected chi connectivity index (χ2v) is 11.5. The number of carbonyl (C=O) groups excluding carboxylic acids is 2. The van der Waals surface area contributed by atoms with Crippen molar-refractivity contribution in [3.63, 3.8) is 0 Å². The number of benzene rings is 2. The Bertz CT molecular complexity index is 1280. The minimum atomic E-state index is -4.60. The number of likely N-dealkylation sites (tertiary alicyclic amines) is 1. The number of nitrogens with one attached hydrogen (secondary N) is 1. The molecular weight excluding hydrogens is 612 g/mol. The van der Waals surface area contributed by atoms with Gasteiger partial charge in [-0.2, -0.15) is 13.2 Å². The normalized spacial score (nSPS) is 22.8. The van der Waals surface area contributed by atoms with E-state index in [-0.39, 0.29) is 47.0 Å². The molecule has 1 aliphatic carbocycles. The van der Waals surface area contributed by atoms with Gasteiger partial charge in [0.15, 0.2) is 0 Å². The number of rotatable bonds is 5. The summed E-state index contributed by atoms with van der Waals surface area (Å²) in [5.74, 6) is -1.17. The fraction of sp³-hybridized carbons (Fsp3) is 0.464. The summed E-state index contributed by atoms with van der Waals surface area (Å²) in [4.78, 5) is 42.3. The number of nitrogens with zero attached hydrogens (tertiary/aromatic N) is 3. The second-order valence-electron chi connectivity index (χ2n) is 10.6. The van der Waals surface area contributed by atoms with Crippen LogP contribution in [0.15, 0.2) is 46.9 Å². The molecule has 1 aliphatic heterocycles. The van der Waals surface area contributed by atoms with E-state index in [2.05, 4.69) is 21.2 Å². The van der Waals surface area contributed by atoms with E-state index < -0.39 is 35.7 Å². The fourth-order valence-electron chi connectivity index (χ4n) is 5.73. The zero-order valence-electron chi connectivity index (χ0n) is 22.5. The molecule has 0 bridgehead atoms. The first-order valence-electron chi connectivity index (χ1n) is 13.2. The Labute approximate surface area is 243 Å². The van der Waals surface area contributed by atoms with E-state index in [9.17, 15) is 31.9 Å². The van der Waals surface area contributed by atoms with E-state index in [1.807, 2.05) is 0 Å². The smallest absolute Gasteiger partial charge is 0.416 e. The Hall–Kier alpha value is -3.35. The molecule has 41 heavy (non-hydrogen) atoms. The molecule has 2 aromatic carbocycles. The largest absolute Gasteiger partial charge is 0.465 e. The zero-order chi connectivity index (χ0) is 30.1. The molecule has 4 amide bonds. The summed E-state index contributed by atoms with van der Waals surface area (Å²) in [7, 11) is 2.93. The highest BCUT2D eigenvalue weighted by molar-refractivity contribution is 9.10. The van der Waals surface area contributed by atoms with Crippen molar-refractivity contribution in [1.82, 2.24) is 15.1 Å². The summed E-state index contributed by atoms with van der Waals surface area (Å²) in [6.07, 6.45) is -3.58. The van der Waals surface area contributed by atoms with Crippen molar-refractivity contribution in [2.45, 2.75) is 49.9 Å². The summed E-state index contributed by atoms with van der Waals surface area (Å²) in [6.45, 7) is 0.468. The molecular formula is C28H31BrF4N4O4. The maximum absolute atomic E-state index is 13.7. The topological polar surface area (TPSA) is 93.2 Å². The van der Waals surface area contributed by atoms with Gasteiger partial charge in [-0.25, -0.2) is 14.0 Å². The summed E-state index contributed by atoms with van der Waals surface area (Å²) < 4.78 is 54.1. The van der Waals surface area contributed by atoms with Gasteiger partial charge < -0.3 is 20.2 Å². The molecule has 0 spiro atoms. The first-order valence-corrected chi connectivity index (χ1v) is 14.0. The standard InChI is InChI=1S/C28H31BrF4N4O4/c1-35(22-12-18(28(31,32)33)11-19(29)13-22)27(41)36(2)24-15-37(14-23(24)16-3-7-20(30)8-4-16)25(38)17-5-9-21(10-6-17)34-26(39)40/h3-4,7-8,11-13,17,21,23-24,34H,5-6,9-10,14-15H2,1-2H3,(H,39,40)/t17-,21-,23-,24+/m0/s1. The highest BCUT2D eigenvalue weighted by Crippen LogP contribution is 2.37. The second kappa shape index (κ2) is 12.3. The average Bonchev–Trinajstić information content (AvgIpc) is 3.36. The van der Waals surface area contributed by atoms with Gasteiger partial charge in [0.1, 0.15) is 5.82 Å². The van der Waals surface area contributed by atoms with Crippen molar-refractivity contribution in [3.8, 4) is 0 Å². The average molecular weight is 643 g/mol. The van der Waals surface area contributed by atoms with Crippen LogP contribution in [0.5, 0.6) is 0 Å². The van der Waals surface area contributed by atoms with Gasteiger partial charge in [-0.1, -0.05) is 28.1 Å². The molecule has 2 aliphatic rings. The lowest BCUT2D eigenvalue weighted by Gasteiger charge is -2.33. The molecule has 1 saturated carbocycles. The molecule has 8 nitrogen and oxygen atoms in total. The van der Waals surface area contributed by atoms with Crippen LogP contribution in [0.1, 0.15) is 42.7 Å². The Kier molecular flexibility index (Phi) is 9.15. The Morgan fingerprint density at radius 1 is 1.00 bits per heavy atom. The Morgan fingerprint density at radius 2 is 1.63 bits per heavy atom. The lowest BCUT2D eigenvalue weighted by Crippen LogP contribution is -2.48. The van der Waals surface area contributed by atoms with Crippen LogP contribution in [0.25, 0.3) is 0 Å². The van der Waals surface area contributed by atoms with Crippen LogP contribution in [0.4, 0.5) is 32.8 Å². The Balaban J connectivity index is 1.54. The summed E-state index contributed by atoms with van der Waals surface area (Å²) in [5, 5.41) is 11.4. The van der Waals surface area contributed by atoms with Gasteiger partial charge in [-0.05, 0) is 61.6 Å². The molecule has 2 aromatic rings. The third kappa shape index (κ3) is 7.11. The van der Waals surface area contributed by atoms with Gasteiger partial charge >= 0.3 is 18.3 Å². The van der Waals surface area contributed by atoms with Crippen LogP contribution in [0, 0.1) is 11.7 Å². The van der Waals surface area contributed by atoms with Crippen LogP contribution in [-0.4, -0.2) is 72.2 Å². The lowest BCUT2D eigenvalue weighted by atomic mass is 9.85. The van der Waals surface area contributed by atoms with Crippen LogP contribution in [0.3, 0.4) is 0 Å². The van der Waals surface area contributed by atoms with Crippen molar-refractivity contribution in [1.29, 1.82) is 0 Å². The molecule has 2 fully saturated rings. The van der Waals surface area contributed by atoms with Crippen molar-refractivity contribution < 1.29 is 37.1 Å². The molecule has 222 valence electrons. The van der Waals surface area contributed by atoms with Crippen LogP contribution in [0.2, 0.25) is 0 Å². The van der Waals surface area contributed by atoms with Crippen LogP contribution in [-0.2, 0) is 11.0 Å². The fourth-order valence-corrected chi connectivity index (χ4v) is 6.22. The number of amides is 4. The van der Waals surface area contributed by atoms with Gasteiger partial charge in [0.25, 0.3) is 0 Å². The molecule has 2 atom stereocenters. The third-order valence-electron chi connectivity index (χ3n) is 7.99. The molecule has 0 unspecified atom stereocenters. The molecule has 2 N–H and O–H groups in total. The van der Waals surface area contributed by atoms with Crippen LogP contribution >= 0.6 is 15.9 Å². The molecule has 13 heteroatoms. The SMILES string of the molecule is CN(C(=O)N(C)[C@@H]1CN(C(=O)[C@H]2CC[C@H](NC(=O)O)CC2)C[C@H]1c1ccc(F)cc1)c1cc(Br)cc(C(F)(F)F)c1. The number of alkyl halides is 3. The third-order valence-corrected chi connectivity index (χ3v) is 8.44. The molecule has 1 heterocycles. The maximum atomic E-state index is 13.7. The molecule has 1 saturated heterocycles. The van der Waals surface area contributed by atoms with E-state index in [1.54, 1.807) is 24.1 Å². The number of likely N-dealkylation sites (N-methyl/N-ethyl adjacent to an activating group) is 1. The lowest BCUT2D eigenvalue weighted by molar-refractivity contribution is -0.137. The predicted octanol–water partition coefficient (Wildman–Crippen LogP) is 5.92. The quantitative estimate of drug-likeness (QED) is 0.396. The monoisotopic (exact) mass is 642 g/mol. The number of urea groups is 1. The first-order chi connectivity index (χ1) is 19.2. The summed E-state index contributed by atoms with van der Waals surface area (Å²) in [5.41, 5.74) is -0.135. The van der Waals surface area contributed by atoms with E-state index in [1.165, 1.54) is 30.1 Å². The number of hydrogen-bond acceptors (Lipinski definition) is 3. The summed E-state index contributed by atoms with van der Waals surface area (Å²) >= 11 is 3.09. The van der Waals surface area contributed by atoms with Gasteiger partial charge in [-0.15, -0.1) is 0 Å². The van der Waals surface area contributed by atoms with Gasteiger partial charge in [0, 0.05) is 55.2 Å². The van der Waals surface area contributed by atoms with E-state index >= 15 is 0 Å². The van der Waals surface area contributed by atoms with Gasteiger partial charge in [0.2, 0.25) is 5.91 Å². The summed E-state index contributed by atoms with van der Waals surface area (Å²) in [6, 6.07) is 7.77. The van der Waals surface area contributed by atoms with Crippen molar-refractivity contribution in [2.75, 3.05) is 32.1 Å². The highest BCUT2D eigenvalue weighted by atomic mass is 79.9. The van der Waals surface area contributed by atoms with Crippen molar-refractivity contribution >= 4 is 39.6 Å².